The van der Waals surface area contributed by atoms with Gasteiger partial charge in [0.2, 0.25) is 0 Å². The van der Waals surface area contributed by atoms with E-state index in [0.29, 0.717) is 12.1 Å². The summed E-state index contributed by atoms with van der Waals surface area (Å²) in [6, 6.07) is 0.750. The summed E-state index contributed by atoms with van der Waals surface area (Å²) in [4.78, 5) is 4.10. The first-order chi connectivity index (χ1) is 8.43. The predicted octanol–water partition coefficient (Wildman–Crippen LogP) is 2.31. The Labute approximate surface area is 111 Å². The van der Waals surface area contributed by atoms with E-state index in [4.69, 9.17) is 4.74 Å². The summed E-state index contributed by atoms with van der Waals surface area (Å²) in [6.07, 6.45) is 5.70. The van der Waals surface area contributed by atoms with Gasteiger partial charge in [0.15, 0.2) is 0 Å². The van der Waals surface area contributed by atoms with Gasteiger partial charge in [-0.1, -0.05) is 20.8 Å². The molecule has 0 amide bonds. The van der Waals surface area contributed by atoms with Crippen molar-refractivity contribution in [3.8, 4) is 0 Å². The van der Waals surface area contributed by atoms with Gasteiger partial charge in [-0.25, -0.2) is 4.98 Å². The number of imidazole rings is 1. The smallest absolute Gasteiger partial charge is 0.0946 e. The Balaban J connectivity index is 2.56. The Bertz CT molecular complexity index is 316. The summed E-state index contributed by atoms with van der Waals surface area (Å²) in [7, 11) is 0. The van der Waals surface area contributed by atoms with Crippen LogP contribution in [0.15, 0.2) is 18.7 Å². The molecule has 2 unspecified atom stereocenters. The van der Waals surface area contributed by atoms with Crippen molar-refractivity contribution < 1.29 is 4.74 Å². The standard InChI is InChI=1S/C14H27N3O/c1-6-18-10-12(2)16-13(14(3,4)5)9-17-8-7-15-11-17/h7-8,11-13,16H,6,9-10H2,1-5H3. The zero-order valence-corrected chi connectivity index (χ0v) is 12.3. The monoisotopic (exact) mass is 253 g/mol. The molecule has 0 radical (unpaired) electrons. The molecule has 0 aromatic carbocycles. The minimum Gasteiger partial charge on any atom is -0.380 e. The Morgan fingerprint density at radius 3 is 2.61 bits per heavy atom. The van der Waals surface area contributed by atoms with Gasteiger partial charge in [-0.3, -0.25) is 0 Å². The molecule has 1 aromatic heterocycles. The van der Waals surface area contributed by atoms with Crippen LogP contribution in [0.2, 0.25) is 0 Å². The number of rotatable bonds is 7. The van der Waals surface area contributed by atoms with E-state index in [0.717, 1.165) is 19.8 Å². The van der Waals surface area contributed by atoms with Gasteiger partial charge in [0, 0.05) is 37.6 Å². The lowest BCUT2D eigenvalue weighted by Crippen LogP contribution is -2.48. The third-order valence-electron chi connectivity index (χ3n) is 3.06. The zero-order valence-electron chi connectivity index (χ0n) is 12.3. The van der Waals surface area contributed by atoms with Crippen molar-refractivity contribution in [1.29, 1.82) is 0 Å². The van der Waals surface area contributed by atoms with E-state index < -0.39 is 0 Å². The first-order valence-corrected chi connectivity index (χ1v) is 6.73. The number of aromatic nitrogens is 2. The van der Waals surface area contributed by atoms with Crippen LogP contribution in [0, 0.1) is 5.41 Å². The highest BCUT2D eigenvalue weighted by Gasteiger charge is 2.26. The SMILES string of the molecule is CCOCC(C)NC(Cn1ccnc1)C(C)(C)C. The van der Waals surface area contributed by atoms with Crippen LogP contribution in [0.1, 0.15) is 34.6 Å². The second kappa shape index (κ2) is 6.90. The number of nitrogens with one attached hydrogen (secondary N) is 1. The molecule has 1 heterocycles. The van der Waals surface area contributed by atoms with E-state index in [1.54, 1.807) is 0 Å². The highest BCUT2D eigenvalue weighted by Crippen LogP contribution is 2.21. The number of hydrogen-bond donors (Lipinski definition) is 1. The molecule has 4 nitrogen and oxygen atoms in total. The molecule has 1 N–H and O–H groups in total. The highest BCUT2D eigenvalue weighted by atomic mass is 16.5. The molecule has 0 spiro atoms. The minimum atomic E-state index is 0.199. The fourth-order valence-electron chi connectivity index (χ4n) is 1.87. The molecule has 0 bridgehead atoms. The lowest BCUT2D eigenvalue weighted by Gasteiger charge is -2.34. The van der Waals surface area contributed by atoms with Gasteiger partial charge >= 0.3 is 0 Å². The number of nitrogens with zero attached hydrogens (tertiary/aromatic N) is 2. The molecule has 18 heavy (non-hydrogen) atoms. The normalized spacial score (nSPS) is 15.6. The fraction of sp³-hybridized carbons (Fsp3) is 0.786. The van der Waals surface area contributed by atoms with Crippen LogP contribution in [0.5, 0.6) is 0 Å². The molecule has 2 atom stereocenters. The van der Waals surface area contributed by atoms with Crippen LogP contribution < -0.4 is 5.32 Å². The molecule has 0 fully saturated rings. The third kappa shape index (κ3) is 5.19. The van der Waals surface area contributed by atoms with Crippen molar-refractivity contribution in [1.82, 2.24) is 14.9 Å². The second-order valence-electron chi connectivity index (χ2n) is 5.91. The van der Waals surface area contributed by atoms with Gasteiger partial charge < -0.3 is 14.6 Å². The lowest BCUT2D eigenvalue weighted by molar-refractivity contribution is 0.111. The highest BCUT2D eigenvalue weighted by molar-refractivity contribution is 4.86. The Morgan fingerprint density at radius 2 is 2.11 bits per heavy atom. The fourth-order valence-corrected chi connectivity index (χ4v) is 1.87. The molecule has 4 heteroatoms. The van der Waals surface area contributed by atoms with E-state index in [2.05, 4.69) is 42.6 Å². The van der Waals surface area contributed by atoms with Gasteiger partial charge in [0.05, 0.1) is 12.9 Å². The van der Waals surface area contributed by atoms with Crippen molar-refractivity contribution in [2.75, 3.05) is 13.2 Å². The van der Waals surface area contributed by atoms with Gasteiger partial charge in [-0.2, -0.15) is 0 Å². The second-order valence-corrected chi connectivity index (χ2v) is 5.91. The van der Waals surface area contributed by atoms with E-state index in [9.17, 15) is 0 Å². The van der Waals surface area contributed by atoms with E-state index in [1.165, 1.54) is 0 Å². The van der Waals surface area contributed by atoms with Gasteiger partial charge in [-0.15, -0.1) is 0 Å². The summed E-state index contributed by atoms with van der Waals surface area (Å²) >= 11 is 0. The molecule has 0 aliphatic carbocycles. The molecule has 1 rings (SSSR count). The molecule has 0 saturated carbocycles. The Hall–Kier alpha value is -0.870. The van der Waals surface area contributed by atoms with Crippen LogP contribution in [-0.2, 0) is 11.3 Å². The largest absolute Gasteiger partial charge is 0.380 e. The van der Waals surface area contributed by atoms with E-state index in [1.807, 2.05) is 25.6 Å². The molecular formula is C14H27N3O. The van der Waals surface area contributed by atoms with Crippen LogP contribution in [-0.4, -0.2) is 34.8 Å². The zero-order chi connectivity index (χ0) is 13.6. The molecule has 104 valence electrons. The van der Waals surface area contributed by atoms with E-state index >= 15 is 0 Å². The molecule has 0 saturated heterocycles. The molecule has 0 aliphatic heterocycles. The quantitative estimate of drug-likeness (QED) is 0.810. The maximum absolute atomic E-state index is 5.46. The summed E-state index contributed by atoms with van der Waals surface area (Å²) in [5, 5.41) is 3.66. The number of hydrogen-bond acceptors (Lipinski definition) is 3. The van der Waals surface area contributed by atoms with Crippen LogP contribution in [0.3, 0.4) is 0 Å². The average molecular weight is 253 g/mol. The average Bonchev–Trinajstić information content (AvgIpc) is 2.77. The first-order valence-electron chi connectivity index (χ1n) is 6.73. The number of ether oxygens (including phenoxy) is 1. The van der Waals surface area contributed by atoms with Gasteiger partial charge in [0.25, 0.3) is 0 Å². The summed E-state index contributed by atoms with van der Waals surface area (Å²) < 4.78 is 7.58. The Kier molecular flexibility index (Phi) is 5.82. The summed E-state index contributed by atoms with van der Waals surface area (Å²) in [6.45, 7) is 13.4. The third-order valence-corrected chi connectivity index (χ3v) is 3.06. The van der Waals surface area contributed by atoms with Crippen LogP contribution in [0.25, 0.3) is 0 Å². The van der Waals surface area contributed by atoms with Crippen molar-refractivity contribution in [3.05, 3.63) is 18.7 Å². The molecular weight excluding hydrogens is 226 g/mol. The summed E-state index contributed by atoms with van der Waals surface area (Å²) in [5.74, 6) is 0. The van der Waals surface area contributed by atoms with Crippen LogP contribution in [0.4, 0.5) is 0 Å². The predicted molar refractivity (Wildman–Crippen MR) is 74.6 cm³/mol. The van der Waals surface area contributed by atoms with Crippen molar-refractivity contribution in [2.45, 2.75) is 53.2 Å². The van der Waals surface area contributed by atoms with Gasteiger partial charge in [0.1, 0.15) is 0 Å². The van der Waals surface area contributed by atoms with E-state index in [-0.39, 0.29) is 5.41 Å². The van der Waals surface area contributed by atoms with Crippen molar-refractivity contribution in [2.24, 2.45) is 5.41 Å². The van der Waals surface area contributed by atoms with Crippen LogP contribution >= 0.6 is 0 Å². The van der Waals surface area contributed by atoms with Gasteiger partial charge in [-0.05, 0) is 19.3 Å². The van der Waals surface area contributed by atoms with Crippen molar-refractivity contribution >= 4 is 0 Å². The Morgan fingerprint density at radius 1 is 1.39 bits per heavy atom. The van der Waals surface area contributed by atoms with Crippen molar-refractivity contribution in [3.63, 3.8) is 0 Å². The topological polar surface area (TPSA) is 39.1 Å². The molecule has 1 aromatic rings. The molecule has 0 aliphatic rings. The minimum absolute atomic E-state index is 0.199. The maximum atomic E-state index is 5.46. The summed E-state index contributed by atoms with van der Waals surface area (Å²) in [5.41, 5.74) is 0.199. The first kappa shape index (κ1) is 15.2. The lowest BCUT2D eigenvalue weighted by atomic mass is 9.86. The maximum Gasteiger partial charge on any atom is 0.0946 e.